The molecule has 0 atom stereocenters. The molecular weight excluding hydrogens is 282 g/mol. The molecule has 2 aromatic rings. The molecule has 0 saturated carbocycles. The summed E-state index contributed by atoms with van der Waals surface area (Å²) in [6.07, 6.45) is 0.429. The summed E-state index contributed by atoms with van der Waals surface area (Å²) in [6.45, 7) is 1.37. The predicted octanol–water partition coefficient (Wildman–Crippen LogP) is 2.64. The smallest absolute Gasteiger partial charge is 0.265 e. The fourth-order valence-electron chi connectivity index (χ4n) is 2.41. The van der Waals surface area contributed by atoms with Crippen molar-refractivity contribution in [1.82, 2.24) is 4.90 Å². The van der Waals surface area contributed by atoms with E-state index >= 15 is 0 Å². The van der Waals surface area contributed by atoms with E-state index in [1.165, 1.54) is 22.5 Å². The molecule has 1 aliphatic heterocycles. The molecule has 0 bridgehead atoms. The monoisotopic (exact) mass is 297 g/mol. The fourth-order valence-corrected chi connectivity index (χ4v) is 3.22. The maximum absolute atomic E-state index is 12.6. The summed E-state index contributed by atoms with van der Waals surface area (Å²) in [6, 6.07) is 10.0. The van der Waals surface area contributed by atoms with Gasteiger partial charge in [-0.05, 0) is 22.6 Å². The first-order valence-electron chi connectivity index (χ1n) is 6.83. The quantitative estimate of drug-likeness (QED) is 0.866. The van der Waals surface area contributed by atoms with Crippen LogP contribution in [0, 0.1) is 11.8 Å². The van der Waals surface area contributed by atoms with E-state index in [4.69, 9.17) is 5.11 Å². The number of carbonyl (C=O) groups excluding carboxylic acids is 1. The Labute approximate surface area is 127 Å². The number of hydrogen-bond acceptors (Lipinski definition) is 3. The summed E-state index contributed by atoms with van der Waals surface area (Å²) in [4.78, 5) is 15.2. The molecule has 1 aromatic carbocycles. The zero-order valence-electron chi connectivity index (χ0n) is 11.5. The number of rotatable bonds is 2. The topological polar surface area (TPSA) is 40.5 Å². The van der Waals surface area contributed by atoms with Crippen LogP contribution >= 0.6 is 11.3 Å². The highest BCUT2D eigenvalue weighted by atomic mass is 32.1. The zero-order chi connectivity index (χ0) is 14.7. The van der Waals surface area contributed by atoms with Crippen LogP contribution in [0.25, 0.3) is 0 Å². The van der Waals surface area contributed by atoms with Crippen molar-refractivity contribution in [2.45, 2.75) is 19.5 Å². The Hall–Kier alpha value is -2.09. The van der Waals surface area contributed by atoms with E-state index in [0.29, 0.717) is 24.4 Å². The minimum Gasteiger partial charge on any atom is -0.395 e. The summed E-state index contributed by atoms with van der Waals surface area (Å²) < 4.78 is 0. The van der Waals surface area contributed by atoms with Crippen molar-refractivity contribution < 1.29 is 9.90 Å². The maximum Gasteiger partial charge on any atom is 0.265 e. The van der Waals surface area contributed by atoms with Gasteiger partial charge in [-0.1, -0.05) is 36.1 Å². The number of thiophene rings is 1. The lowest BCUT2D eigenvalue weighted by molar-refractivity contribution is 0.0756. The van der Waals surface area contributed by atoms with Gasteiger partial charge in [0.2, 0.25) is 0 Å². The second kappa shape index (κ2) is 6.13. The number of aliphatic hydroxyl groups excluding tert-OH is 1. The molecule has 0 fully saturated rings. The average Bonchev–Trinajstić information content (AvgIpc) is 3.13. The molecule has 1 amide bonds. The van der Waals surface area contributed by atoms with Crippen LogP contribution in [-0.4, -0.2) is 22.5 Å². The van der Waals surface area contributed by atoms with E-state index in [2.05, 4.69) is 24.0 Å². The molecule has 0 aliphatic carbocycles. The molecule has 1 N–H and O–H groups in total. The molecule has 0 spiro atoms. The van der Waals surface area contributed by atoms with Crippen LogP contribution in [0.5, 0.6) is 0 Å². The molecule has 1 aromatic heterocycles. The molecule has 4 heteroatoms. The normalized spacial score (nSPS) is 12.7. The largest absolute Gasteiger partial charge is 0.395 e. The van der Waals surface area contributed by atoms with Gasteiger partial charge < -0.3 is 10.0 Å². The van der Waals surface area contributed by atoms with Gasteiger partial charge in [0.1, 0.15) is 4.88 Å². The highest BCUT2D eigenvalue weighted by Gasteiger charge is 2.25. The van der Waals surface area contributed by atoms with Crippen LogP contribution in [0.15, 0.2) is 35.7 Å². The number of amides is 1. The zero-order valence-corrected chi connectivity index (χ0v) is 12.3. The van der Waals surface area contributed by atoms with Crippen molar-refractivity contribution >= 4 is 17.2 Å². The van der Waals surface area contributed by atoms with E-state index in [-0.39, 0.29) is 12.5 Å². The fraction of sp³-hybridized carbons (Fsp3) is 0.235. The standard InChI is InChI=1S/C17H15NO2S/c19-9-4-3-5-13-8-10-21-16(13)17(20)18-11-14-6-1-2-7-15(14)12-18/h1-2,6-8,10,19H,4,9,11-12H2. The van der Waals surface area contributed by atoms with E-state index < -0.39 is 0 Å². The van der Waals surface area contributed by atoms with Crippen molar-refractivity contribution in [2.75, 3.05) is 6.61 Å². The summed E-state index contributed by atoms with van der Waals surface area (Å²) >= 11 is 1.43. The first-order valence-corrected chi connectivity index (χ1v) is 7.71. The Balaban J connectivity index is 1.79. The van der Waals surface area contributed by atoms with Gasteiger partial charge in [-0.15, -0.1) is 11.3 Å². The molecule has 3 rings (SSSR count). The van der Waals surface area contributed by atoms with Crippen molar-refractivity contribution in [2.24, 2.45) is 0 Å². The number of benzene rings is 1. The lowest BCUT2D eigenvalue weighted by atomic mass is 10.1. The number of aliphatic hydroxyl groups is 1. The van der Waals surface area contributed by atoms with Gasteiger partial charge in [0.25, 0.3) is 5.91 Å². The Bertz CT molecular complexity index is 699. The van der Waals surface area contributed by atoms with Gasteiger partial charge in [0.05, 0.1) is 6.61 Å². The number of fused-ring (bicyclic) bond motifs is 1. The molecule has 0 saturated heterocycles. The van der Waals surface area contributed by atoms with Gasteiger partial charge in [-0.2, -0.15) is 0 Å². The summed E-state index contributed by atoms with van der Waals surface area (Å²) in [5.41, 5.74) is 3.19. The third kappa shape index (κ3) is 2.85. The average molecular weight is 297 g/mol. The molecule has 106 valence electrons. The van der Waals surface area contributed by atoms with Crippen LogP contribution in [-0.2, 0) is 13.1 Å². The molecular formula is C17H15NO2S. The van der Waals surface area contributed by atoms with Gasteiger partial charge in [-0.3, -0.25) is 4.79 Å². The highest BCUT2D eigenvalue weighted by molar-refractivity contribution is 7.12. The summed E-state index contributed by atoms with van der Waals surface area (Å²) in [7, 11) is 0. The SMILES string of the molecule is O=C(c1sccc1C#CCCO)N1Cc2ccccc2C1. The summed E-state index contributed by atoms with van der Waals surface area (Å²) in [5.74, 6) is 5.89. The van der Waals surface area contributed by atoms with Crippen LogP contribution in [0.4, 0.5) is 0 Å². The van der Waals surface area contributed by atoms with E-state index in [1.807, 2.05) is 28.5 Å². The molecule has 0 radical (unpaired) electrons. The van der Waals surface area contributed by atoms with Gasteiger partial charge in [-0.25, -0.2) is 0 Å². The molecule has 2 heterocycles. The lowest BCUT2D eigenvalue weighted by Gasteiger charge is -2.14. The maximum atomic E-state index is 12.6. The summed E-state index contributed by atoms with van der Waals surface area (Å²) in [5, 5.41) is 10.7. The minimum atomic E-state index is 0.0366. The first-order chi connectivity index (χ1) is 10.3. The van der Waals surface area contributed by atoms with E-state index in [9.17, 15) is 4.79 Å². The predicted molar refractivity (Wildman–Crippen MR) is 82.9 cm³/mol. The van der Waals surface area contributed by atoms with E-state index in [1.54, 1.807) is 0 Å². The molecule has 3 nitrogen and oxygen atoms in total. The van der Waals surface area contributed by atoms with Gasteiger partial charge >= 0.3 is 0 Å². The Morgan fingerprint density at radius 1 is 1.24 bits per heavy atom. The molecule has 21 heavy (non-hydrogen) atoms. The van der Waals surface area contributed by atoms with Crippen molar-refractivity contribution in [3.63, 3.8) is 0 Å². The van der Waals surface area contributed by atoms with Gasteiger partial charge in [0.15, 0.2) is 0 Å². The Kier molecular flexibility index (Phi) is 4.05. The van der Waals surface area contributed by atoms with Crippen molar-refractivity contribution in [3.05, 3.63) is 57.3 Å². The number of hydrogen-bond donors (Lipinski definition) is 1. The van der Waals surface area contributed by atoms with Crippen LogP contribution in [0.1, 0.15) is 32.8 Å². The Morgan fingerprint density at radius 2 is 1.95 bits per heavy atom. The second-order valence-corrected chi connectivity index (χ2v) is 5.78. The van der Waals surface area contributed by atoms with Gasteiger partial charge in [0, 0.05) is 25.1 Å². The van der Waals surface area contributed by atoms with Crippen LogP contribution in [0.3, 0.4) is 0 Å². The highest BCUT2D eigenvalue weighted by Crippen LogP contribution is 2.26. The Morgan fingerprint density at radius 3 is 2.62 bits per heavy atom. The number of nitrogens with zero attached hydrogens (tertiary/aromatic N) is 1. The number of carbonyl (C=O) groups is 1. The van der Waals surface area contributed by atoms with E-state index in [0.717, 1.165) is 5.56 Å². The van der Waals surface area contributed by atoms with Crippen molar-refractivity contribution in [1.29, 1.82) is 0 Å². The second-order valence-electron chi connectivity index (χ2n) is 4.87. The minimum absolute atomic E-state index is 0.0366. The lowest BCUT2D eigenvalue weighted by Crippen LogP contribution is -2.25. The first kappa shape index (κ1) is 13.9. The molecule has 0 unspecified atom stereocenters. The van der Waals surface area contributed by atoms with Crippen LogP contribution in [0.2, 0.25) is 0 Å². The third-order valence-corrected chi connectivity index (χ3v) is 4.35. The third-order valence-electron chi connectivity index (χ3n) is 3.45. The van der Waals surface area contributed by atoms with Crippen LogP contribution < -0.4 is 0 Å². The van der Waals surface area contributed by atoms with Crippen molar-refractivity contribution in [3.8, 4) is 11.8 Å². The molecule has 1 aliphatic rings.